The van der Waals surface area contributed by atoms with Crippen LogP contribution in [0.1, 0.15) is 42.9 Å². The number of carboxylic acids is 1. The third-order valence-electron chi connectivity index (χ3n) is 7.03. The van der Waals surface area contributed by atoms with Gasteiger partial charge in [0.15, 0.2) is 0 Å². The summed E-state index contributed by atoms with van der Waals surface area (Å²) < 4.78 is 11.2. The lowest BCUT2D eigenvalue weighted by molar-refractivity contribution is -0.137. The predicted molar refractivity (Wildman–Crippen MR) is 143 cm³/mol. The average Bonchev–Trinajstić information content (AvgIpc) is 3.61. The van der Waals surface area contributed by atoms with E-state index in [0.717, 1.165) is 24.1 Å². The fraction of sp³-hybridized carbons (Fsp3) is 0.310. The fourth-order valence-electron chi connectivity index (χ4n) is 4.94. The van der Waals surface area contributed by atoms with Crippen LogP contribution >= 0.6 is 11.6 Å². The van der Waals surface area contributed by atoms with E-state index >= 15 is 0 Å². The van der Waals surface area contributed by atoms with Crippen LogP contribution in [0.15, 0.2) is 66.7 Å². The molecular formula is C29H29ClN2O5. The van der Waals surface area contributed by atoms with Crippen molar-refractivity contribution in [3.05, 3.63) is 82.9 Å². The molecule has 192 valence electrons. The van der Waals surface area contributed by atoms with Gasteiger partial charge in [-0.2, -0.15) is 0 Å². The van der Waals surface area contributed by atoms with E-state index in [9.17, 15) is 9.59 Å². The molecule has 2 N–H and O–H groups in total. The first-order chi connectivity index (χ1) is 17.9. The second-order valence-electron chi connectivity index (χ2n) is 9.59. The van der Waals surface area contributed by atoms with Crippen LogP contribution in [0.4, 0.5) is 11.4 Å². The van der Waals surface area contributed by atoms with Crippen molar-refractivity contribution in [2.24, 2.45) is 0 Å². The number of carbonyl (C=O) groups excluding carboxylic acids is 1. The summed E-state index contributed by atoms with van der Waals surface area (Å²) in [5.74, 6) is 0.171. The van der Waals surface area contributed by atoms with E-state index in [1.807, 2.05) is 35.2 Å². The van der Waals surface area contributed by atoms with E-state index < -0.39 is 12.0 Å². The summed E-state index contributed by atoms with van der Waals surface area (Å²) in [5, 5.41) is 12.9. The van der Waals surface area contributed by atoms with Crippen molar-refractivity contribution < 1.29 is 24.2 Å². The third-order valence-corrected chi connectivity index (χ3v) is 7.28. The average molecular weight is 521 g/mol. The number of rotatable bonds is 10. The second-order valence-corrected chi connectivity index (χ2v) is 10.0. The number of amides is 1. The molecule has 8 heteroatoms. The molecule has 0 bridgehead atoms. The Bertz CT molecular complexity index is 1310. The zero-order valence-corrected chi connectivity index (χ0v) is 21.3. The lowest BCUT2D eigenvalue weighted by Gasteiger charge is -2.27. The number of nitrogens with zero attached hydrogens (tertiary/aromatic N) is 1. The first-order valence-electron chi connectivity index (χ1n) is 12.4. The number of benzene rings is 3. The van der Waals surface area contributed by atoms with Crippen molar-refractivity contribution in [1.82, 2.24) is 0 Å². The number of carbonyl (C=O) groups is 2. The minimum atomic E-state index is -0.864. The van der Waals surface area contributed by atoms with Gasteiger partial charge in [0.1, 0.15) is 17.5 Å². The molecule has 0 radical (unpaired) electrons. The summed E-state index contributed by atoms with van der Waals surface area (Å²) in [6, 6.07) is 20.1. The molecule has 1 saturated carbocycles. The van der Waals surface area contributed by atoms with Gasteiger partial charge in [-0.25, -0.2) is 0 Å². The standard InChI is InChI=1S/C29H29ClN2O5/c1-36-22-15-21(16-23(17-22)37-14-4-7-26(33)34)31-27(19-8-10-20(30)11-9-19)28(35)32-18-29(12-13-29)24-5-2-3-6-25(24)32/h2-3,5-6,8-11,15-17,27,31H,4,7,12-14,18H2,1H3,(H,33,34). The molecule has 0 saturated heterocycles. The van der Waals surface area contributed by atoms with Crippen molar-refractivity contribution >= 4 is 34.9 Å². The summed E-state index contributed by atoms with van der Waals surface area (Å²) in [5.41, 5.74) is 3.73. The van der Waals surface area contributed by atoms with Crippen LogP contribution in [0.3, 0.4) is 0 Å². The Kier molecular flexibility index (Phi) is 6.98. The number of para-hydroxylation sites is 1. The molecule has 1 amide bonds. The first-order valence-corrected chi connectivity index (χ1v) is 12.7. The van der Waals surface area contributed by atoms with Gasteiger partial charge in [0.25, 0.3) is 5.91 Å². The lowest BCUT2D eigenvalue weighted by atomic mass is 9.99. The number of anilines is 2. The number of aliphatic carboxylic acids is 1. The molecule has 1 atom stereocenters. The highest BCUT2D eigenvalue weighted by molar-refractivity contribution is 6.30. The van der Waals surface area contributed by atoms with E-state index in [-0.39, 0.29) is 24.3 Å². The molecule has 5 rings (SSSR count). The molecule has 2 aliphatic rings. The summed E-state index contributed by atoms with van der Waals surface area (Å²) in [4.78, 5) is 26.8. The number of ether oxygens (including phenoxy) is 2. The minimum absolute atomic E-state index is 0.0288. The van der Waals surface area contributed by atoms with Gasteiger partial charge in [0, 0.05) is 53.0 Å². The maximum atomic E-state index is 14.1. The Labute approximate surface area is 221 Å². The van der Waals surface area contributed by atoms with Crippen LogP contribution in [0.5, 0.6) is 11.5 Å². The fourth-order valence-corrected chi connectivity index (χ4v) is 5.07. The second kappa shape index (κ2) is 10.3. The molecule has 7 nitrogen and oxygen atoms in total. The van der Waals surface area contributed by atoms with Gasteiger partial charge in [-0.15, -0.1) is 0 Å². The normalized spacial score (nSPS) is 15.7. The number of hydrogen-bond acceptors (Lipinski definition) is 5. The highest BCUT2D eigenvalue weighted by Gasteiger charge is 2.53. The predicted octanol–water partition coefficient (Wildman–Crippen LogP) is 5.82. The van der Waals surface area contributed by atoms with Gasteiger partial charge in [-0.3, -0.25) is 9.59 Å². The number of halogens is 1. The molecule has 3 aromatic carbocycles. The Morgan fingerprint density at radius 2 is 1.81 bits per heavy atom. The van der Waals surface area contributed by atoms with Crippen LogP contribution in [0.25, 0.3) is 0 Å². The van der Waals surface area contributed by atoms with Crippen molar-refractivity contribution in [3.8, 4) is 11.5 Å². The van der Waals surface area contributed by atoms with Crippen LogP contribution in [0.2, 0.25) is 5.02 Å². The molecule has 37 heavy (non-hydrogen) atoms. The van der Waals surface area contributed by atoms with E-state index in [1.54, 1.807) is 37.4 Å². The van der Waals surface area contributed by atoms with Gasteiger partial charge < -0.3 is 24.8 Å². The molecule has 1 aliphatic carbocycles. The van der Waals surface area contributed by atoms with Crippen molar-refractivity contribution in [1.29, 1.82) is 0 Å². The molecule has 1 spiro atoms. The molecule has 1 unspecified atom stereocenters. The van der Waals surface area contributed by atoms with Gasteiger partial charge >= 0.3 is 5.97 Å². The van der Waals surface area contributed by atoms with Crippen molar-refractivity contribution in [2.75, 3.05) is 30.5 Å². The number of methoxy groups -OCH3 is 1. The van der Waals surface area contributed by atoms with E-state index in [1.165, 1.54) is 5.56 Å². The Morgan fingerprint density at radius 1 is 1.08 bits per heavy atom. The van der Waals surface area contributed by atoms with E-state index in [4.69, 9.17) is 26.2 Å². The quantitative estimate of drug-likeness (QED) is 0.327. The summed E-state index contributed by atoms with van der Waals surface area (Å²) >= 11 is 6.15. The zero-order chi connectivity index (χ0) is 26.0. The number of fused-ring (bicyclic) bond motifs is 2. The molecule has 1 heterocycles. The first kappa shape index (κ1) is 25.0. The maximum absolute atomic E-state index is 14.1. The number of nitrogens with one attached hydrogen (secondary N) is 1. The Morgan fingerprint density at radius 3 is 2.51 bits per heavy atom. The van der Waals surface area contributed by atoms with Gasteiger partial charge in [0.2, 0.25) is 0 Å². The molecule has 1 aliphatic heterocycles. The minimum Gasteiger partial charge on any atom is -0.497 e. The SMILES string of the molecule is COc1cc(NC(C(=O)N2CC3(CC3)c3ccccc32)c2ccc(Cl)cc2)cc(OCCCC(=O)O)c1. The zero-order valence-electron chi connectivity index (χ0n) is 20.6. The highest BCUT2D eigenvalue weighted by atomic mass is 35.5. The summed E-state index contributed by atoms with van der Waals surface area (Å²) in [6.45, 7) is 0.929. The Balaban J connectivity index is 1.44. The van der Waals surface area contributed by atoms with Crippen molar-refractivity contribution in [2.45, 2.75) is 37.1 Å². The monoisotopic (exact) mass is 520 g/mol. The number of carboxylic acid groups (broad SMARTS) is 1. The molecule has 1 fully saturated rings. The molecule has 3 aromatic rings. The lowest BCUT2D eigenvalue weighted by Crippen LogP contribution is -2.38. The van der Waals surface area contributed by atoms with Crippen LogP contribution in [-0.4, -0.2) is 37.2 Å². The molecule has 0 aromatic heterocycles. The highest BCUT2D eigenvalue weighted by Crippen LogP contribution is 2.56. The smallest absolute Gasteiger partial charge is 0.303 e. The summed E-state index contributed by atoms with van der Waals surface area (Å²) in [6.07, 6.45) is 2.59. The van der Waals surface area contributed by atoms with Crippen LogP contribution in [0, 0.1) is 0 Å². The van der Waals surface area contributed by atoms with Crippen molar-refractivity contribution in [3.63, 3.8) is 0 Å². The Hall–Kier alpha value is -3.71. The molecular weight excluding hydrogens is 492 g/mol. The number of hydrogen-bond donors (Lipinski definition) is 2. The third kappa shape index (κ3) is 5.37. The van der Waals surface area contributed by atoms with Crippen LogP contribution < -0.4 is 19.7 Å². The topological polar surface area (TPSA) is 88.1 Å². The van der Waals surface area contributed by atoms with Crippen LogP contribution in [-0.2, 0) is 15.0 Å². The summed E-state index contributed by atoms with van der Waals surface area (Å²) in [7, 11) is 1.56. The van der Waals surface area contributed by atoms with E-state index in [2.05, 4.69) is 11.4 Å². The van der Waals surface area contributed by atoms with Gasteiger partial charge in [-0.05, 0) is 48.6 Å². The largest absolute Gasteiger partial charge is 0.497 e. The maximum Gasteiger partial charge on any atom is 0.303 e. The van der Waals surface area contributed by atoms with Gasteiger partial charge in [-0.1, -0.05) is 41.9 Å². The van der Waals surface area contributed by atoms with Gasteiger partial charge in [0.05, 0.1) is 13.7 Å². The van der Waals surface area contributed by atoms with E-state index in [0.29, 0.717) is 35.2 Å².